The number of aromatic hydroxyl groups is 1. The molecule has 2 aromatic rings. The summed E-state index contributed by atoms with van der Waals surface area (Å²) in [5, 5.41) is 14.7. The molecule has 0 aromatic carbocycles. The van der Waals surface area contributed by atoms with Gasteiger partial charge in [0.15, 0.2) is 0 Å². The summed E-state index contributed by atoms with van der Waals surface area (Å²) in [7, 11) is 0. The molecule has 1 aliphatic carbocycles. The van der Waals surface area contributed by atoms with Crippen molar-refractivity contribution in [1.82, 2.24) is 14.6 Å². The van der Waals surface area contributed by atoms with Crippen LogP contribution in [0.15, 0.2) is 10.9 Å². The second kappa shape index (κ2) is 4.40. The molecule has 102 valence electrons. The molecule has 0 bridgehead atoms. The number of rotatable bonds is 2. The zero-order valence-corrected chi connectivity index (χ0v) is 11.3. The van der Waals surface area contributed by atoms with E-state index in [1.54, 1.807) is 0 Å². The first-order valence-corrected chi connectivity index (χ1v) is 6.92. The first-order valence-electron chi connectivity index (χ1n) is 6.92. The fourth-order valence-electron chi connectivity index (χ4n) is 2.91. The van der Waals surface area contributed by atoms with Gasteiger partial charge in [-0.1, -0.05) is 26.7 Å². The van der Waals surface area contributed by atoms with Crippen molar-refractivity contribution in [3.63, 3.8) is 0 Å². The lowest BCUT2D eigenvalue weighted by Crippen LogP contribution is -2.18. The summed E-state index contributed by atoms with van der Waals surface area (Å²) >= 11 is 0. The van der Waals surface area contributed by atoms with Crippen LogP contribution in [-0.2, 0) is 0 Å². The van der Waals surface area contributed by atoms with Gasteiger partial charge in [-0.05, 0) is 24.7 Å². The van der Waals surface area contributed by atoms with Crippen LogP contribution >= 0.6 is 0 Å². The van der Waals surface area contributed by atoms with Gasteiger partial charge in [0.25, 0.3) is 5.56 Å². The van der Waals surface area contributed by atoms with Crippen molar-refractivity contribution in [1.29, 1.82) is 0 Å². The van der Waals surface area contributed by atoms with E-state index >= 15 is 0 Å². The number of hydrogen-bond donors (Lipinski definition) is 2. The van der Waals surface area contributed by atoms with Crippen LogP contribution in [-0.4, -0.2) is 19.7 Å². The van der Waals surface area contributed by atoms with Gasteiger partial charge < -0.3 is 10.1 Å². The average Bonchev–Trinajstić information content (AvgIpc) is 2.97. The van der Waals surface area contributed by atoms with Gasteiger partial charge in [0.2, 0.25) is 5.88 Å². The van der Waals surface area contributed by atoms with E-state index < -0.39 is 0 Å². The number of aromatic nitrogens is 3. The van der Waals surface area contributed by atoms with Crippen LogP contribution in [0.2, 0.25) is 0 Å². The molecule has 0 radical (unpaired) electrons. The Morgan fingerprint density at radius 2 is 2.11 bits per heavy atom. The normalized spacial score (nSPS) is 16.8. The molecule has 5 nitrogen and oxygen atoms in total. The highest BCUT2D eigenvalue weighted by molar-refractivity contribution is 5.45. The van der Waals surface area contributed by atoms with Crippen LogP contribution in [0.3, 0.4) is 0 Å². The highest BCUT2D eigenvalue weighted by atomic mass is 16.3. The quantitative estimate of drug-likeness (QED) is 0.872. The van der Waals surface area contributed by atoms with Crippen molar-refractivity contribution in [2.75, 3.05) is 0 Å². The molecule has 0 amide bonds. The molecule has 1 aliphatic rings. The maximum absolute atomic E-state index is 12.2. The molecule has 3 rings (SSSR count). The summed E-state index contributed by atoms with van der Waals surface area (Å²) < 4.78 is 1.46. The standard InChI is InChI=1S/C14H19N3O2/c1-8(2)10-7-11-15-13(18)12(9-5-3-4-6-9)14(19)17(11)16-10/h7-9,19H,3-6H2,1-2H3,(H,15,18). The zero-order chi connectivity index (χ0) is 13.6. The minimum Gasteiger partial charge on any atom is -0.493 e. The molecule has 2 aromatic heterocycles. The molecule has 1 saturated carbocycles. The summed E-state index contributed by atoms with van der Waals surface area (Å²) in [6, 6.07) is 1.82. The van der Waals surface area contributed by atoms with Gasteiger partial charge in [0, 0.05) is 6.07 Å². The van der Waals surface area contributed by atoms with Crippen molar-refractivity contribution in [2.24, 2.45) is 0 Å². The molecule has 2 heterocycles. The number of hydrogen-bond acceptors (Lipinski definition) is 3. The summed E-state index contributed by atoms with van der Waals surface area (Å²) in [6.45, 7) is 4.07. The third-order valence-corrected chi connectivity index (χ3v) is 4.01. The molecule has 0 unspecified atom stereocenters. The molecule has 1 fully saturated rings. The van der Waals surface area contributed by atoms with Gasteiger partial charge in [0.1, 0.15) is 5.65 Å². The van der Waals surface area contributed by atoms with Crippen molar-refractivity contribution >= 4 is 5.65 Å². The molecule has 0 spiro atoms. The topological polar surface area (TPSA) is 70.4 Å². The molecule has 19 heavy (non-hydrogen) atoms. The van der Waals surface area contributed by atoms with Crippen LogP contribution in [0.1, 0.15) is 62.6 Å². The van der Waals surface area contributed by atoms with Crippen LogP contribution in [0.5, 0.6) is 5.88 Å². The third kappa shape index (κ3) is 1.93. The lowest BCUT2D eigenvalue weighted by Gasteiger charge is -2.10. The average molecular weight is 261 g/mol. The van der Waals surface area contributed by atoms with E-state index in [0.717, 1.165) is 31.4 Å². The van der Waals surface area contributed by atoms with Gasteiger partial charge in [-0.15, -0.1) is 0 Å². The maximum atomic E-state index is 12.2. The Labute approximate surface area is 111 Å². The lowest BCUT2D eigenvalue weighted by molar-refractivity contribution is 0.418. The van der Waals surface area contributed by atoms with Gasteiger partial charge in [-0.25, -0.2) is 0 Å². The number of nitrogens with one attached hydrogen (secondary N) is 1. The van der Waals surface area contributed by atoms with Crippen molar-refractivity contribution in [3.05, 3.63) is 27.7 Å². The monoisotopic (exact) mass is 261 g/mol. The first kappa shape index (κ1) is 12.3. The molecule has 0 atom stereocenters. The summed E-state index contributed by atoms with van der Waals surface area (Å²) in [6.07, 6.45) is 4.19. The largest absolute Gasteiger partial charge is 0.493 e. The lowest BCUT2D eigenvalue weighted by atomic mass is 10.00. The predicted molar refractivity (Wildman–Crippen MR) is 72.8 cm³/mol. The minimum atomic E-state index is -0.174. The second-order valence-electron chi connectivity index (χ2n) is 5.69. The maximum Gasteiger partial charge on any atom is 0.258 e. The third-order valence-electron chi connectivity index (χ3n) is 4.01. The van der Waals surface area contributed by atoms with Crippen molar-refractivity contribution in [2.45, 2.75) is 51.4 Å². The van der Waals surface area contributed by atoms with E-state index in [1.165, 1.54) is 4.52 Å². The summed E-state index contributed by atoms with van der Waals surface area (Å²) in [5.74, 6) is 0.440. The van der Waals surface area contributed by atoms with Crippen LogP contribution in [0, 0.1) is 0 Å². The van der Waals surface area contributed by atoms with Gasteiger partial charge in [0.05, 0.1) is 11.3 Å². The smallest absolute Gasteiger partial charge is 0.258 e. The highest BCUT2D eigenvalue weighted by Crippen LogP contribution is 2.36. The summed E-state index contributed by atoms with van der Waals surface area (Å²) in [4.78, 5) is 15.0. The number of nitrogens with zero attached hydrogens (tertiary/aromatic N) is 2. The van der Waals surface area contributed by atoms with Crippen LogP contribution < -0.4 is 5.56 Å². The SMILES string of the molecule is CC(C)c1cc2[nH]c(=O)c(C3CCCC3)c(O)n2n1. The predicted octanol–water partition coefficient (Wildman–Crippen LogP) is 2.51. The minimum absolute atomic E-state index is 0.0116. The van der Waals surface area contributed by atoms with E-state index in [2.05, 4.69) is 10.1 Å². The Hall–Kier alpha value is -1.78. The number of aromatic amines is 1. The van der Waals surface area contributed by atoms with Gasteiger partial charge >= 0.3 is 0 Å². The van der Waals surface area contributed by atoms with Crippen LogP contribution in [0.4, 0.5) is 0 Å². The van der Waals surface area contributed by atoms with Crippen molar-refractivity contribution < 1.29 is 5.11 Å². The Balaban J connectivity index is 2.20. The van der Waals surface area contributed by atoms with E-state index in [0.29, 0.717) is 11.2 Å². The van der Waals surface area contributed by atoms with E-state index in [1.807, 2.05) is 19.9 Å². The Morgan fingerprint density at radius 1 is 1.42 bits per heavy atom. The first-order chi connectivity index (χ1) is 9.08. The molecular formula is C14H19N3O2. The van der Waals surface area contributed by atoms with Crippen molar-refractivity contribution in [3.8, 4) is 5.88 Å². The molecule has 2 N–H and O–H groups in total. The van der Waals surface area contributed by atoms with E-state index in [4.69, 9.17) is 0 Å². The highest BCUT2D eigenvalue weighted by Gasteiger charge is 2.25. The van der Waals surface area contributed by atoms with E-state index in [-0.39, 0.29) is 23.3 Å². The van der Waals surface area contributed by atoms with Crippen LogP contribution in [0.25, 0.3) is 5.65 Å². The number of fused-ring (bicyclic) bond motifs is 1. The Bertz CT molecular complexity index is 663. The molecule has 0 aliphatic heterocycles. The fraction of sp³-hybridized carbons (Fsp3) is 0.571. The van der Waals surface area contributed by atoms with Gasteiger partial charge in [-0.3, -0.25) is 4.79 Å². The summed E-state index contributed by atoms with van der Waals surface area (Å²) in [5.41, 5.74) is 1.76. The molecular weight excluding hydrogens is 242 g/mol. The second-order valence-corrected chi connectivity index (χ2v) is 5.69. The van der Waals surface area contributed by atoms with Gasteiger partial charge in [-0.2, -0.15) is 9.61 Å². The van der Waals surface area contributed by atoms with E-state index in [9.17, 15) is 9.90 Å². The zero-order valence-electron chi connectivity index (χ0n) is 11.3. The Morgan fingerprint density at radius 3 is 2.74 bits per heavy atom. The Kier molecular flexibility index (Phi) is 2.84. The number of H-pyrrole nitrogens is 1. The molecule has 0 saturated heterocycles. The molecule has 5 heteroatoms. The fourth-order valence-corrected chi connectivity index (χ4v) is 2.91.